The van der Waals surface area contributed by atoms with E-state index in [0.29, 0.717) is 12.6 Å². The van der Waals surface area contributed by atoms with Crippen LogP contribution < -0.4 is 10.1 Å². The van der Waals surface area contributed by atoms with Gasteiger partial charge in [0.2, 0.25) is 0 Å². The van der Waals surface area contributed by atoms with Gasteiger partial charge < -0.3 is 14.8 Å². The van der Waals surface area contributed by atoms with Gasteiger partial charge in [0.15, 0.2) is 0 Å². The van der Waals surface area contributed by atoms with Crippen molar-refractivity contribution >= 4 is 0 Å². The SMILES string of the molecule is CCCc1ccc(OC(CNC(C)C)COC)cc1. The topological polar surface area (TPSA) is 30.5 Å². The van der Waals surface area contributed by atoms with Crippen molar-refractivity contribution < 1.29 is 9.47 Å². The van der Waals surface area contributed by atoms with Gasteiger partial charge >= 0.3 is 0 Å². The molecular formula is C16H27NO2. The number of aryl methyl sites for hydroxylation is 1. The Kier molecular flexibility index (Phi) is 7.53. The minimum absolute atomic E-state index is 0.0458. The van der Waals surface area contributed by atoms with E-state index in [1.807, 2.05) is 12.1 Å². The number of hydrogen-bond acceptors (Lipinski definition) is 3. The van der Waals surface area contributed by atoms with E-state index >= 15 is 0 Å². The monoisotopic (exact) mass is 265 g/mol. The fourth-order valence-electron chi connectivity index (χ4n) is 1.90. The zero-order valence-electron chi connectivity index (χ0n) is 12.6. The van der Waals surface area contributed by atoms with Crippen molar-refractivity contribution in [3.8, 4) is 5.75 Å². The van der Waals surface area contributed by atoms with Crippen LogP contribution in [0.3, 0.4) is 0 Å². The van der Waals surface area contributed by atoms with Crippen LogP contribution in [0.2, 0.25) is 0 Å². The van der Waals surface area contributed by atoms with Gasteiger partial charge in [0, 0.05) is 19.7 Å². The molecule has 0 saturated heterocycles. The average molecular weight is 265 g/mol. The average Bonchev–Trinajstić information content (AvgIpc) is 2.39. The number of hydrogen-bond donors (Lipinski definition) is 1. The minimum atomic E-state index is 0.0458. The summed E-state index contributed by atoms with van der Waals surface area (Å²) in [6.07, 6.45) is 2.34. The third kappa shape index (κ3) is 6.60. The number of nitrogens with one attached hydrogen (secondary N) is 1. The molecule has 108 valence electrons. The molecule has 0 spiro atoms. The smallest absolute Gasteiger partial charge is 0.134 e. The molecule has 1 aromatic carbocycles. The van der Waals surface area contributed by atoms with Crippen molar-refractivity contribution in [2.45, 2.75) is 45.8 Å². The summed E-state index contributed by atoms with van der Waals surface area (Å²) in [4.78, 5) is 0. The van der Waals surface area contributed by atoms with Gasteiger partial charge in [0.05, 0.1) is 6.61 Å². The van der Waals surface area contributed by atoms with Crippen LogP contribution in [0.1, 0.15) is 32.8 Å². The largest absolute Gasteiger partial charge is 0.487 e. The Labute approximate surface area is 117 Å². The highest BCUT2D eigenvalue weighted by Crippen LogP contribution is 2.15. The lowest BCUT2D eigenvalue weighted by Crippen LogP contribution is -2.38. The molecule has 0 aliphatic heterocycles. The van der Waals surface area contributed by atoms with Crippen molar-refractivity contribution in [2.75, 3.05) is 20.3 Å². The first kappa shape index (κ1) is 16.0. The Morgan fingerprint density at radius 2 is 1.84 bits per heavy atom. The molecule has 1 atom stereocenters. The van der Waals surface area contributed by atoms with Gasteiger partial charge in [-0.1, -0.05) is 39.3 Å². The summed E-state index contributed by atoms with van der Waals surface area (Å²) in [5.74, 6) is 0.910. The lowest BCUT2D eigenvalue weighted by Gasteiger charge is -2.20. The summed E-state index contributed by atoms with van der Waals surface area (Å²) < 4.78 is 11.2. The molecule has 1 N–H and O–H groups in total. The molecule has 0 aliphatic rings. The number of methoxy groups -OCH3 is 1. The van der Waals surface area contributed by atoms with Crippen LogP contribution in [-0.2, 0) is 11.2 Å². The Morgan fingerprint density at radius 1 is 1.16 bits per heavy atom. The van der Waals surface area contributed by atoms with Crippen molar-refractivity contribution in [1.82, 2.24) is 5.32 Å². The molecule has 0 radical (unpaired) electrons. The lowest BCUT2D eigenvalue weighted by atomic mass is 10.1. The quantitative estimate of drug-likeness (QED) is 0.744. The molecule has 3 nitrogen and oxygen atoms in total. The van der Waals surface area contributed by atoms with Gasteiger partial charge in [-0.25, -0.2) is 0 Å². The maximum atomic E-state index is 5.95. The zero-order chi connectivity index (χ0) is 14.1. The summed E-state index contributed by atoms with van der Waals surface area (Å²) in [6.45, 7) is 7.84. The van der Waals surface area contributed by atoms with Crippen molar-refractivity contribution in [3.05, 3.63) is 29.8 Å². The van der Waals surface area contributed by atoms with Crippen molar-refractivity contribution in [2.24, 2.45) is 0 Å². The predicted octanol–water partition coefficient (Wildman–Crippen LogP) is 3.03. The van der Waals surface area contributed by atoms with Gasteiger partial charge in [-0.3, -0.25) is 0 Å². The maximum absolute atomic E-state index is 5.95. The zero-order valence-corrected chi connectivity index (χ0v) is 12.6. The fraction of sp³-hybridized carbons (Fsp3) is 0.625. The Morgan fingerprint density at radius 3 is 2.37 bits per heavy atom. The third-order valence-electron chi connectivity index (χ3n) is 2.87. The molecule has 0 aliphatic carbocycles. The lowest BCUT2D eigenvalue weighted by molar-refractivity contribution is 0.0794. The van der Waals surface area contributed by atoms with E-state index in [-0.39, 0.29) is 6.10 Å². The maximum Gasteiger partial charge on any atom is 0.134 e. The second-order valence-electron chi connectivity index (χ2n) is 5.15. The molecule has 0 amide bonds. The first-order chi connectivity index (χ1) is 9.15. The van der Waals surface area contributed by atoms with Crippen molar-refractivity contribution in [3.63, 3.8) is 0 Å². The summed E-state index contributed by atoms with van der Waals surface area (Å²) in [6, 6.07) is 8.82. The number of rotatable bonds is 9. The van der Waals surface area contributed by atoms with Crippen LogP contribution >= 0.6 is 0 Å². The predicted molar refractivity (Wildman–Crippen MR) is 79.9 cm³/mol. The third-order valence-corrected chi connectivity index (χ3v) is 2.87. The van der Waals surface area contributed by atoms with Crippen LogP contribution in [0.4, 0.5) is 0 Å². The number of ether oxygens (including phenoxy) is 2. The summed E-state index contributed by atoms with van der Waals surface area (Å²) in [5, 5.41) is 3.38. The summed E-state index contributed by atoms with van der Waals surface area (Å²) >= 11 is 0. The Hall–Kier alpha value is -1.06. The summed E-state index contributed by atoms with van der Waals surface area (Å²) in [5.41, 5.74) is 1.36. The van der Waals surface area contributed by atoms with Crippen LogP contribution in [-0.4, -0.2) is 32.4 Å². The molecule has 0 bridgehead atoms. The van der Waals surface area contributed by atoms with Gasteiger partial charge in [0.1, 0.15) is 11.9 Å². The standard InChI is InChI=1S/C16H27NO2/c1-5-6-14-7-9-15(10-8-14)19-16(12-18-4)11-17-13(2)3/h7-10,13,16-17H,5-6,11-12H2,1-4H3. The molecule has 0 heterocycles. The van der Waals surface area contributed by atoms with E-state index in [0.717, 1.165) is 18.7 Å². The number of benzene rings is 1. The highest BCUT2D eigenvalue weighted by atomic mass is 16.5. The molecule has 1 rings (SSSR count). The fourth-order valence-corrected chi connectivity index (χ4v) is 1.90. The van der Waals surface area contributed by atoms with E-state index in [4.69, 9.17) is 9.47 Å². The molecule has 0 aromatic heterocycles. The van der Waals surface area contributed by atoms with Crippen LogP contribution in [0.25, 0.3) is 0 Å². The first-order valence-corrected chi connectivity index (χ1v) is 7.13. The van der Waals surface area contributed by atoms with Crippen LogP contribution in [0.15, 0.2) is 24.3 Å². The van der Waals surface area contributed by atoms with E-state index in [1.165, 1.54) is 12.0 Å². The molecule has 1 unspecified atom stereocenters. The van der Waals surface area contributed by atoms with Crippen LogP contribution in [0, 0.1) is 0 Å². The van der Waals surface area contributed by atoms with E-state index in [1.54, 1.807) is 7.11 Å². The second-order valence-corrected chi connectivity index (χ2v) is 5.15. The normalized spacial score (nSPS) is 12.7. The Bertz CT molecular complexity index is 335. The van der Waals surface area contributed by atoms with Crippen LogP contribution in [0.5, 0.6) is 5.75 Å². The molecular weight excluding hydrogens is 238 g/mol. The van der Waals surface area contributed by atoms with Crippen molar-refractivity contribution in [1.29, 1.82) is 0 Å². The highest BCUT2D eigenvalue weighted by Gasteiger charge is 2.10. The van der Waals surface area contributed by atoms with E-state index in [2.05, 4.69) is 38.2 Å². The Balaban J connectivity index is 2.52. The first-order valence-electron chi connectivity index (χ1n) is 7.13. The van der Waals surface area contributed by atoms with Gasteiger partial charge in [-0.2, -0.15) is 0 Å². The summed E-state index contributed by atoms with van der Waals surface area (Å²) in [7, 11) is 1.70. The van der Waals surface area contributed by atoms with E-state index < -0.39 is 0 Å². The van der Waals surface area contributed by atoms with Gasteiger partial charge in [-0.05, 0) is 24.1 Å². The molecule has 0 fully saturated rings. The molecule has 1 aromatic rings. The molecule has 19 heavy (non-hydrogen) atoms. The molecule has 3 heteroatoms. The van der Waals surface area contributed by atoms with Gasteiger partial charge in [-0.15, -0.1) is 0 Å². The highest BCUT2D eigenvalue weighted by molar-refractivity contribution is 5.27. The van der Waals surface area contributed by atoms with E-state index in [9.17, 15) is 0 Å². The second kappa shape index (κ2) is 8.94. The minimum Gasteiger partial charge on any atom is -0.487 e. The van der Waals surface area contributed by atoms with Gasteiger partial charge in [0.25, 0.3) is 0 Å². The molecule has 0 saturated carbocycles.